The van der Waals surface area contributed by atoms with Crippen molar-refractivity contribution in [3.8, 4) is 34.4 Å². The minimum absolute atomic E-state index is 0.588. The summed E-state index contributed by atoms with van der Waals surface area (Å²) < 4.78 is 4.52. The van der Waals surface area contributed by atoms with Crippen LogP contribution in [-0.4, -0.2) is 24.1 Å². The first-order valence-corrected chi connectivity index (χ1v) is 15.6. The predicted octanol–water partition coefficient (Wildman–Crippen LogP) is 10.0. The molecule has 0 radical (unpaired) electrons. The highest BCUT2D eigenvalue weighted by Crippen LogP contribution is 2.37. The summed E-state index contributed by atoms with van der Waals surface area (Å²) in [7, 11) is 0. The Labute approximate surface area is 266 Å². The van der Waals surface area contributed by atoms with Crippen molar-refractivity contribution in [2.45, 2.75) is 13.8 Å². The van der Waals surface area contributed by atoms with E-state index in [2.05, 4.69) is 144 Å². The Kier molecular flexibility index (Phi) is 5.87. The average Bonchev–Trinajstić information content (AvgIpc) is 3.60. The van der Waals surface area contributed by atoms with Crippen molar-refractivity contribution in [2.75, 3.05) is 0 Å². The fourth-order valence-electron chi connectivity index (χ4n) is 6.81. The summed E-state index contributed by atoms with van der Waals surface area (Å²) in [5.74, 6) is 1.84. The zero-order valence-electron chi connectivity index (χ0n) is 25.5. The zero-order chi connectivity index (χ0) is 30.8. The van der Waals surface area contributed by atoms with E-state index in [4.69, 9.17) is 15.0 Å². The van der Waals surface area contributed by atoms with Crippen LogP contribution in [0, 0.1) is 13.8 Å². The van der Waals surface area contributed by atoms with Gasteiger partial charge in [-0.1, -0.05) is 102 Å². The highest BCUT2D eigenvalue weighted by atomic mass is 15.2. The number of hydrogen-bond acceptors (Lipinski definition) is 3. The van der Waals surface area contributed by atoms with Gasteiger partial charge in [-0.3, -0.25) is 4.57 Å². The highest BCUT2D eigenvalue weighted by Gasteiger charge is 2.21. The van der Waals surface area contributed by atoms with Crippen molar-refractivity contribution < 1.29 is 0 Å². The monoisotopic (exact) mass is 591 g/mol. The molecular formula is C41H29N5. The Hall–Kier alpha value is -6.07. The normalized spacial score (nSPS) is 11.7. The topological polar surface area (TPSA) is 48.5 Å². The summed E-state index contributed by atoms with van der Waals surface area (Å²) in [5, 5.41) is 4.80. The lowest BCUT2D eigenvalue weighted by Crippen LogP contribution is -2.07. The van der Waals surface area contributed by atoms with E-state index < -0.39 is 0 Å². The van der Waals surface area contributed by atoms with Crippen molar-refractivity contribution in [3.63, 3.8) is 0 Å². The Morgan fingerprint density at radius 1 is 0.413 bits per heavy atom. The number of rotatable bonds is 4. The van der Waals surface area contributed by atoms with Crippen molar-refractivity contribution in [2.24, 2.45) is 0 Å². The van der Waals surface area contributed by atoms with Gasteiger partial charge in [0.25, 0.3) is 0 Å². The zero-order valence-corrected chi connectivity index (χ0v) is 25.5. The van der Waals surface area contributed by atoms with Crippen molar-refractivity contribution >= 4 is 43.6 Å². The number of benzene rings is 6. The molecule has 9 aromatic rings. The van der Waals surface area contributed by atoms with Crippen LogP contribution in [0.4, 0.5) is 0 Å². The summed E-state index contributed by atoms with van der Waals surface area (Å²) in [6.45, 7) is 4.30. The first-order chi connectivity index (χ1) is 22.6. The fourth-order valence-corrected chi connectivity index (χ4v) is 6.81. The number of nitrogens with zero attached hydrogens (tertiary/aromatic N) is 5. The third-order valence-electron chi connectivity index (χ3n) is 8.90. The summed E-state index contributed by atoms with van der Waals surface area (Å²) >= 11 is 0. The van der Waals surface area contributed by atoms with Crippen LogP contribution >= 0.6 is 0 Å². The molecule has 46 heavy (non-hydrogen) atoms. The molecule has 218 valence electrons. The van der Waals surface area contributed by atoms with E-state index in [1.807, 2.05) is 18.2 Å². The lowest BCUT2D eigenvalue weighted by Gasteiger charge is -2.15. The Bertz CT molecular complexity index is 2500. The van der Waals surface area contributed by atoms with Crippen LogP contribution in [0.15, 0.2) is 140 Å². The van der Waals surface area contributed by atoms with E-state index in [0.29, 0.717) is 17.6 Å². The van der Waals surface area contributed by atoms with Gasteiger partial charge in [-0.15, -0.1) is 0 Å². The SMILES string of the molecule is Cc1ccc2c(c1)c1cc(C)ccc1n2-c1ccccc1-c1nc(-c2ccccc2)nc(-n2c3ccccc3c3ccccc32)n1. The molecule has 3 aromatic heterocycles. The molecule has 0 aliphatic carbocycles. The maximum atomic E-state index is 5.26. The van der Waals surface area contributed by atoms with E-state index in [9.17, 15) is 0 Å². The predicted molar refractivity (Wildman–Crippen MR) is 189 cm³/mol. The van der Waals surface area contributed by atoms with E-state index in [-0.39, 0.29) is 0 Å². The number of hydrogen-bond donors (Lipinski definition) is 0. The van der Waals surface area contributed by atoms with Gasteiger partial charge in [0.2, 0.25) is 5.95 Å². The van der Waals surface area contributed by atoms with Crippen LogP contribution in [0.1, 0.15) is 11.1 Å². The number of aryl methyl sites for hydroxylation is 2. The third-order valence-corrected chi connectivity index (χ3v) is 8.90. The first-order valence-electron chi connectivity index (χ1n) is 15.6. The second-order valence-electron chi connectivity index (χ2n) is 11.9. The molecule has 0 bridgehead atoms. The number of aromatic nitrogens is 5. The minimum atomic E-state index is 0.588. The Balaban J connectivity index is 1.36. The number of fused-ring (bicyclic) bond motifs is 6. The summed E-state index contributed by atoms with van der Waals surface area (Å²) in [6, 6.07) is 48.9. The molecule has 5 heteroatoms. The van der Waals surface area contributed by atoms with Gasteiger partial charge < -0.3 is 4.57 Å². The molecule has 0 amide bonds. The van der Waals surface area contributed by atoms with Gasteiger partial charge in [-0.05, 0) is 62.4 Å². The van der Waals surface area contributed by atoms with Gasteiger partial charge in [0.1, 0.15) is 0 Å². The van der Waals surface area contributed by atoms with E-state index in [1.165, 1.54) is 21.9 Å². The second-order valence-corrected chi connectivity index (χ2v) is 11.9. The molecule has 0 aliphatic heterocycles. The van der Waals surface area contributed by atoms with Crippen LogP contribution in [0.5, 0.6) is 0 Å². The smallest absolute Gasteiger partial charge is 0.238 e. The van der Waals surface area contributed by atoms with Gasteiger partial charge in [0.05, 0.1) is 27.8 Å². The van der Waals surface area contributed by atoms with Crippen molar-refractivity contribution in [1.29, 1.82) is 0 Å². The maximum absolute atomic E-state index is 5.26. The van der Waals surface area contributed by atoms with E-state index in [0.717, 1.165) is 49.7 Å². The third kappa shape index (κ3) is 4.06. The van der Waals surface area contributed by atoms with Crippen LogP contribution in [0.3, 0.4) is 0 Å². The molecule has 0 saturated heterocycles. The standard InChI is InChI=1S/C41H29N5/c1-26-20-22-37-32(24-26)33-25-27(2)21-23-38(33)45(37)36-19-11-8-16-31(36)40-42-39(28-12-4-3-5-13-28)43-41(44-40)46-34-17-9-6-14-29(34)30-15-7-10-18-35(30)46/h3-25H,1-2H3. The molecule has 0 fully saturated rings. The summed E-state index contributed by atoms with van der Waals surface area (Å²) in [6.07, 6.45) is 0. The van der Waals surface area contributed by atoms with Gasteiger partial charge in [0, 0.05) is 32.7 Å². The number of para-hydroxylation sites is 3. The van der Waals surface area contributed by atoms with Crippen LogP contribution in [0.25, 0.3) is 78.0 Å². The quantitative estimate of drug-likeness (QED) is 0.205. The molecule has 9 rings (SSSR count). The molecule has 5 nitrogen and oxygen atoms in total. The highest BCUT2D eigenvalue weighted by molar-refractivity contribution is 6.10. The van der Waals surface area contributed by atoms with Crippen LogP contribution < -0.4 is 0 Å². The van der Waals surface area contributed by atoms with Gasteiger partial charge in [0.15, 0.2) is 11.6 Å². The Morgan fingerprint density at radius 3 is 1.59 bits per heavy atom. The molecule has 0 spiro atoms. The molecular weight excluding hydrogens is 562 g/mol. The maximum Gasteiger partial charge on any atom is 0.238 e. The van der Waals surface area contributed by atoms with Crippen molar-refractivity contribution in [3.05, 3.63) is 151 Å². The largest absolute Gasteiger partial charge is 0.309 e. The molecule has 0 N–H and O–H groups in total. The molecule has 3 heterocycles. The lowest BCUT2D eigenvalue weighted by atomic mass is 10.1. The molecule has 0 saturated carbocycles. The Morgan fingerprint density at radius 2 is 0.935 bits per heavy atom. The average molecular weight is 592 g/mol. The molecule has 6 aromatic carbocycles. The van der Waals surface area contributed by atoms with Gasteiger partial charge >= 0.3 is 0 Å². The molecule has 0 atom stereocenters. The van der Waals surface area contributed by atoms with Crippen molar-refractivity contribution in [1.82, 2.24) is 24.1 Å². The van der Waals surface area contributed by atoms with Gasteiger partial charge in [-0.2, -0.15) is 9.97 Å². The minimum Gasteiger partial charge on any atom is -0.309 e. The van der Waals surface area contributed by atoms with Crippen LogP contribution in [0.2, 0.25) is 0 Å². The summed E-state index contributed by atoms with van der Waals surface area (Å²) in [5.41, 5.74) is 9.79. The first kappa shape index (κ1) is 26.3. The molecule has 0 aliphatic rings. The van der Waals surface area contributed by atoms with E-state index in [1.54, 1.807) is 0 Å². The second kappa shape index (κ2) is 10.2. The fraction of sp³-hybridized carbons (Fsp3) is 0.0488. The lowest BCUT2D eigenvalue weighted by molar-refractivity contribution is 0.951. The summed E-state index contributed by atoms with van der Waals surface area (Å²) in [4.78, 5) is 15.5. The van der Waals surface area contributed by atoms with Crippen LogP contribution in [-0.2, 0) is 0 Å². The molecule has 0 unspecified atom stereocenters. The van der Waals surface area contributed by atoms with Gasteiger partial charge in [-0.25, -0.2) is 4.98 Å². The van der Waals surface area contributed by atoms with E-state index >= 15 is 0 Å².